The van der Waals surface area contributed by atoms with Crippen molar-refractivity contribution in [1.29, 1.82) is 0 Å². The highest BCUT2D eigenvalue weighted by atomic mass is 16.6. The van der Waals surface area contributed by atoms with Gasteiger partial charge < -0.3 is 14.2 Å². The lowest BCUT2D eigenvalue weighted by molar-refractivity contribution is 0.265. The van der Waals surface area contributed by atoms with Crippen LogP contribution in [0.25, 0.3) is 10.8 Å². The first-order valence-electron chi connectivity index (χ1n) is 8.25. The van der Waals surface area contributed by atoms with Crippen LogP contribution in [0.3, 0.4) is 0 Å². The molecule has 1 heterocycles. The molecule has 1 atom stereocenters. The first-order chi connectivity index (χ1) is 11.8. The molecule has 1 unspecified atom stereocenters. The fourth-order valence-corrected chi connectivity index (χ4v) is 2.77. The number of aryl methyl sites for hydroxylation is 1. The lowest BCUT2D eigenvalue weighted by Crippen LogP contribution is -2.04. The Hall–Kier alpha value is -2.52. The Morgan fingerprint density at radius 3 is 2.17 bits per heavy atom. The maximum atomic E-state index is 6.10. The van der Waals surface area contributed by atoms with Crippen molar-refractivity contribution in [2.45, 2.75) is 19.6 Å². The van der Waals surface area contributed by atoms with Crippen LogP contribution in [0.2, 0.25) is 0 Å². The van der Waals surface area contributed by atoms with E-state index in [1.165, 1.54) is 11.1 Å². The lowest BCUT2D eigenvalue weighted by atomic mass is 10.1. The van der Waals surface area contributed by atoms with Gasteiger partial charge >= 0.3 is 0 Å². The van der Waals surface area contributed by atoms with Gasteiger partial charge in [-0.2, -0.15) is 0 Å². The zero-order chi connectivity index (χ0) is 16.4. The monoisotopic (exact) mass is 320 g/mol. The molecule has 1 aliphatic rings. The average molecular weight is 320 g/mol. The summed E-state index contributed by atoms with van der Waals surface area (Å²) >= 11 is 0. The van der Waals surface area contributed by atoms with Crippen molar-refractivity contribution in [3.63, 3.8) is 0 Å². The van der Waals surface area contributed by atoms with Crippen molar-refractivity contribution < 1.29 is 14.2 Å². The molecule has 3 nitrogen and oxygen atoms in total. The van der Waals surface area contributed by atoms with Gasteiger partial charge in [0, 0.05) is 10.8 Å². The van der Waals surface area contributed by atoms with Gasteiger partial charge in [-0.25, -0.2) is 0 Å². The molecule has 4 rings (SSSR count). The van der Waals surface area contributed by atoms with E-state index in [9.17, 15) is 0 Å². The Morgan fingerprint density at radius 1 is 0.875 bits per heavy atom. The van der Waals surface area contributed by atoms with Crippen molar-refractivity contribution in [2.24, 2.45) is 0 Å². The van der Waals surface area contributed by atoms with E-state index in [0.29, 0.717) is 13.2 Å². The second-order valence-corrected chi connectivity index (χ2v) is 6.09. The maximum Gasteiger partial charge on any atom is 0.127 e. The van der Waals surface area contributed by atoms with Gasteiger partial charge in [-0.05, 0) is 30.2 Å². The highest BCUT2D eigenvalue weighted by Gasteiger charge is 2.23. The molecule has 3 aromatic rings. The molecule has 1 fully saturated rings. The Bertz CT molecular complexity index is 853. The maximum absolute atomic E-state index is 6.10. The average Bonchev–Trinajstić information content (AvgIpc) is 3.44. The van der Waals surface area contributed by atoms with Gasteiger partial charge in [0.1, 0.15) is 30.8 Å². The number of ether oxygens (including phenoxy) is 3. The molecule has 0 spiro atoms. The third-order valence-corrected chi connectivity index (χ3v) is 4.32. The van der Waals surface area contributed by atoms with Gasteiger partial charge in [0.15, 0.2) is 0 Å². The van der Waals surface area contributed by atoms with E-state index in [2.05, 4.69) is 31.2 Å². The van der Waals surface area contributed by atoms with Gasteiger partial charge in [0.05, 0.1) is 6.61 Å². The van der Waals surface area contributed by atoms with Crippen molar-refractivity contribution in [3.8, 4) is 11.5 Å². The van der Waals surface area contributed by atoms with E-state index >= 15 is 0 Å². The predicted molar refractivity (Wildman–Crippen MR) is 94.7 cm³/mol. The summed E-state index contributed by atoms with van der Waals surface area (Å²) in [7, 11) is 0. The van der Waals surface area contributed by atoms with Crippen molar-refractivity contribution in [3.05, 3.63) is 71.8 Å². The molecule has 3 aromatic carbocycles. The third-order valence-electron chi connectivity index (χ3n) is 4.32. The molecule has 1 saturated heterocycles. The van der Waals surface area contributed by atoms with E-state index in [1.807, 2.05) is 36.4 Å². The fourth-order valence-electron chi connectivity index (χ4n) is 2.77. The quantitative estimate of drug-likeness (QED) is 0.626. The van der Waals surface area contributed by atoms with E-state index < -0.39 is 0 Å². The number of rotatable bonds is 6. The molecule has 0 N–H and O–H groups in total. The summed E-state index contributed by atoms with van der Waals surface area (Å²) in [6, 6.07) is 20.5. The molecule has 0 bridgehead atoms. The molecule has 0 saturated carbocycles. The van der Waals surface area contributed by atoms with Crippen molar-refractivity contribution in [2.75, 3.05) is 13.2 Å². The molecule has 0 amide bonds. The van der Waals surface area contributed by atoms with E-state index in [4.69, 9.17) is 14.2 Å². The van der Waals surface area contributed by atoms with Gasteiger partial charge in [0.25, 0.3) is 0 Å². The minimum Gasteiger partial charge on any atom is -0.490 e. The standard InChI is InChI=1S/C21H20O3/c1-15-6-2-3-7-16(15)12-23-20-10-11-21(24-14-17-13-22-17)19-9-5-4-8-18(19)20/h2-11,17H,12-14H2,1H3. The summed E-state index contributed by atoms with van der Waals surface area (Å²) in [5.41, 5.74) is 2.44. The third kappa shape index (κ3) is 3.22. The number of hydrogen-bond acceptors (Lipinski definition) is 3. The molecular formula is C21H20O3. The minimum absolute atomic E-state index is 0.251. The molecule has 0 aromatic heterocycles. The number of benzene rings is 3. The number of fused-ring (bicyclic) bond motifs is 1. The SMILES string of the molecule is Cc1ccccc1COc1ccc(OCC2CO2)c2ccccc12. The summed E-state index contributed by atoms with van der Waals surface area (Å²) in [5, 5.41) is 2.14. The van der Waals surface area contributed by atoms with E-state index in [-0.39, 0.29) is 6.10 Å². The van der Waals surface area contributed by atoms with Crippen molar-refractivity contribution >= 4 is 10.8 Å². The van der Waals surface area contributed by atoms with Gasteiger partial charge in [0.2, 0.25) is 0 Å². The van der Waals surface area contributed by atoms with Gasteiger partial charge in [-0.15, -0.1) is 0 Å². The molecule has 0 aliphatic carbocycles. The summed E-state index contributed by atoms with van der Waals surface area (Å²) in [5.74, 6) is 1.76. The summed E-state index contributed by atoms with van der Waals surface area (Å²) < 4.78 is 17.2. The van der Waals surface area contributed by atoms with Crippen LogP contribution < -0.4 is 9.47 Å². The highest BCUT2D eigenvalue weighted by Crippen LogP contribution is 2.34. The molecule has 24 heavy (non-hydrogen) atoms. The van der Waals surface area contributed by atoms with Crippen LogP contribution in [0.5, 0.6) is 11.5 Å². The molecular weight excluding hydrogens is 300 g/mol. The second-order valence-electron chi connectivity index (χ2n) is 6.09. The summed E-state index contributed by atoms with van der Waals surface area (Å²) in [6.07, 6.45) is 0.251. The summed E-state index contributed by atoms with van der Waals surface area (Å²) in [4.78, 5) is 0. The Morgan fingerprint density at radius 2 is 1.50 bits per heavy atom. The van der Waals surface area contributed by atoms with Crippen LogP contribution in [0.15, 0.2) is 60.7 Å². The molecule has 1 aliphatic heterocycles. The first-order valence-corrected chi connectivity index (χ1v) is 8.25. The van der Waals surface area contributed by atoms with Crippen LogP contribution in [0.1, 0.15) is 11.1 Å². The zero-order valence-corrected chi connectivity index (χ0v) is 13.7. The number of hydrogen-bond donors (Lipinski definition) is 0. The van der Waals surface area contributed by atoms with E-state index in [1.54, 1.807) is 0 Å². The molecule has 0 radical (unpaired) electrons. The first kappa shape index (κ1) is 15.0. The lowest BCUT2D eigenvalue weighted by Gasteiger charge is -2.14. The Labute approximate surface area is 141 Å². The van der Waals surface area contributed by atoms with Crippen LogP contribution in [0, 0.1) is 6.92 Å². The smallest absolute Gasteiger partial charge is 0.127 e. The van der Waals surface area contributed by atoms with Gasteiger partial charge in [-0.3, -0.25) is 0 Å². The van der Waals surface area contributed by atoms with Crippen molar-refractivity contribution in [1.82, 2.24) is 0 Å². The minimum atomic E-state index is 0.251. The second kappa shape index (κ2) is 6.54. The largest absolute Gasteiger partial charge is 0.490 e. The fraction of sp³-hybridized carbons (Fsp3) is 0.238. The summed E-state index contributed by atoms with van der Waals surface area (Å²) in [6.45, 7) is 4.07. The van der Waals surface area contributed by atoms with Crippen LogP contribution in [-0.2, 0) is 11.3 Å². The highest BCUT2D eigenvalue weighted by molar-refractivity contribution is 5.93. The van der Waals surface area contributed by atoms with Gasteiger partial charge in [-0.1, -0.05) is 48.5 Å². The van der Waals surface area contributed by atoms with E-state index in [0.717, 1.165) is 28.9 Å². The predicted octanol–water partition coefficient (Wildman–Crippen LogP) is 4.50. The van der Waals surface area contributed by atoms with Crippen LogP contribution in [0.4, 0.5) is 0 Å². The zero-order valence-electron chi connectivity index (χ0n) is 13.7. The van der Waals surface area contributed by atoms with Crippen LogP contribution in [-0.4, -0.2) is 19.3 Å². The Balaban J connectivity index is 1.59. The topological polar surface area (TPSA) is 31.0 Å². The molecule has 122 valence electrons. The number of epoxide rings is 1. The normalized spacial score (nSPS) is 16.1. The van der Waals surface area contributed by atoms with Crippen LogP contribution >= 0.6 is 0 Å². The molecule has 3 heteroatoms. The Kier molecular flexibility index (Phi) is 4.09.